The number of halogens is 1. The molecule has 0 saturated heterocycles. The maximum Gasteiger partial charge on any atom is 0.0854 e. The Kier molecular flexibility index (Phi) is 3.67. The number of aliphatic hydroxyl groups excluding tert-OH is 1. The van der Waals surface area contributed by atoms with Crippen molar-refractivity contribution in [2.75, 3.05) is 0 Å². The first-order chi connectivity index (χ1) is 10.7. The topological polar surface area (TPSA) is 40.5 Å². The molecule has 4 rings (SSSR count). The molecule has 0 amide bonds. The molecule has 4 aliphatic rings. The van der Waals surface area contributed by atoms with Crippen molar-refractivity contribution in [2.24, 2.45) is 34.5 Å². The Balaban J connectivity index is 1.70. The molecule has 0 aromatic rings. The van der Waals surface area contributed by atoms with E-state index < -0.39 is 5.60 Å². The lowest BCUT2D eigenvalue weighted by Crippen LogP contribution is -2.55. The second-order valence-corrected chi connectivity index (χ2v) is 10.5. The molecule has 0 radical (unpaired) electrons. The molecule has 3 heteroatoms. The quantitative estimate of drug-likeness (QED) is 0.640. The van der Waals surface area contributed by atoms with Crippen LogP contribution < -0.4 is 0 Å². The van der Waals surface area contributed by atoms with Crippen LogP contribution in [0.2, 0.25) is 0 Å². The van der Waals surface area contributed by atoms with E-state index in [4.69, 9.17) is 0 Å². The molecule has 0 unspecified atom stereocenters. The van der Waals surface area contributed by atoms with Gasteiger partial charge in [0.15, 0.2) is 0 Å². The van der Waals surface area contributed by atoms with Gasteiger partial charge in [0.2, 0.25) is 0 Å². The lowest BCUT2D eigenvalue weighted by molar-refractivity contribution is -0.132. The lowest BCUT2D eigenvalue weighted by atomic mass is 9.45. The molecular weight excluding hydrogens is 352 g/mol. The Hall–Kier alpha value is 0.140. The predicted octanol–water partition coefficient (Wildman–Crippen LogP) is 4.64. The van der Waals surface area contributed by atoms with Crippen LogP contribution >= 0.6 is 15.9 Å². The van der Waals surface area contributed by atoms with Crippen molar-refractivity contribution < 1.29 is 10.2 Å². The molecule has 0 aliphatic heterocycles. The van der Waals surface area contributed by atoms with Gasteiger partial charge >= 0.3 is 0 Å². The van der Waals surface area contributed by atoms with E-state index in [1.165, 1.54) is 25.7 Å². The average Bonchev–Trinajstić information content (AvgIpc) is 2.71. The van der Waals surface area contributed by atoms with E-state index in [0.29, 0.717) is 17.8 Å². The zero-order valence-corrected chi connectivity index (χ0v) is 16.3. The lowest BCUT2D eigenvalue weighted by Gasteiger charge is -2.60. The number of hydrogen-bond donors (Lipinski definition) is 2. The highest BCUT2D eigenvalue weighted by Gasteiger charge is 2.62. The molecule has 2 nitrogen and oxygen atoms in total. The summed E-state index contributed by atoms with van der Waals surface area (Å²) in [5, 5.41) is 21.2. The van der Waals surface area contributed by atoms with Gasteiger partial charge in [-0.25, -0.2) is 0 Å². The van der Waals surface area contributed by atoms with Crippen molar-refractivity contribution >= 4 is 15.9 Å². The molecule has 4 aliphatic carbocycles. The SMILES string of the molecule is C[C@]12C=C(Br)[C@H](O)C[C@@H]1CC[C@@H]1[C@@H]2CC[C@@]2(C)[C@H]1CC[C@]2(C)O. The summed E-state index contributed by atoms with van der Waals surface area (Å²) in [7, 11) is 0. The van der Waals surface area contributed by atoms with Gasteiger partial charge in [0.1, 0.15) is 0 Å². The zero-order chi connectivity index (χ0) is 16.6. The summed E-state index contributed by atoms with van der Waals surface area (Å²) >= 11 is 3.62. The third-order valence-corrected chi connectivity index (χ3v) is 9.56. The molecule has 2 N–H and O–H groups in total. The fourth-order valence-corrected chi connectivity index (χ4v) is 7.77. The second kappa shape index (κ2) is 5.08. The van der Waals surface area contributed by atoms with Crippen LogP contribution in [0.25, 0.3) is 0 Å². The summed E-state index contributed by atoms with van der Waals surface area (Å²) in [6.45, 7) is 6.87. The van der Waals surface area contributed by atoms with E-state index >= 15 is 0 Å². The highest BCUT2D eigenvalue weighted by molar-refractivity contribution is 9.11. The first kappa shape index (κ1) is 16.6. The van der Waals surface area contributed by atoms with E-state index in [1.807, 2.05) is 0 Å². The van der Waals surface area contributed by atoms with Crippen molar-refractivity contribution in [3.63, 3.8) is 0 Å². The van der Waals surface area contributed by atoms with E-state index in [-0.39, 0.29) is 16.9 Å². The molecule has 3 fully saturated rings. The molecule has 8 atom stereocenters. The molecule has 0 aromatic carbocycles. The van der Waals surface area contributed by atoms with Gasteiger partial charge in [0.05, 0.1) is 11.7 Å². The monoisotopic (exact) mass is 382 g/mol. The first-order valence-corrected chi connectivity index (χ1v) is 10.3. The summed E-state index contributed by atoms with van der Waals surface area (Å²) in [5.74, 6) is 2.75. The first-order valence-electron chi connectivity index (χ1n) is 9.48. The Labute approximate surface area is 148 Å². The summed E-state index contributed by atoms with van der Waals surface area (Å²) in [4.78, 5) is 0. The smallest absolute Gasteiger partial charge is 0.0854 e. The molecule has 130 valence electrons. The highest BCUT2D eigenvalue weighted by atomic mass is 79.9. The summed E-state index contributed by atoms with van der Waals surface area (Å²) in [5.41, 5.74) is -0.164. The number of aliphatic hydroxyl groups is 2. The maximum absolute atomic E-state index is 11.0. The van der Waals surface area contributed by atoms with Crippen molar-refractivity contribution in [1.29, 1.82) is 0 Å². The van der Waals surface area contributed by atoms with E-state index in [2.05, 4.69) is 42.8 Å². The Morgan fingerprint density at radius 3 is 2.48 bits per heavy atom. The molecule has 0 spiro atoms. The van der Waals surface area contributed by atoms with E-state index in [1.54, 1.807) is 0 Å². The Bertz CT molecular complexity index is 542. The second-order valence-electron chi connectivity index (χ2n) is 9.57. The molecule has 3 saturated carbocycles. The van der Waals surface area contributed by atoms with Crippen LogP contribution in [0.1, 0.15) is 65.7 Å². The minimum Gasteiger partial charge on any atom is -0.390 e. The number of allylic oxidation sites excluding steroid dienone is 1. The van der Waals surface area contributed by atoms with E-state index in [0.717, 1.165) is 29.7 Å². The van der Waals surface area contributed by atoms with Crippen LogP contribution in [-0.4, -0.2) is 21.9 Å². The third kappa shape index (κ3) is 2.12. The Morgan fingerprint density at radius 2 is 1.74 bits per heavy atom. The fourth-order valence-electron chi connectivity index (χ4n) is 7.09. The van der Waals surface area contributed by atoms with Crippen LogP contribution in [0, 0.1) is 34.5 Å². The standard InChI is InChI=1S/C20H31BrO2/c1-18-11-16(21)17(22)10-12(18)4-5-13-14(18)6-8-19(2)15(13)7-9-20(19,3)23/h11-15,17,22-23H,4-10H2,1-3H3/t12-,13+,14-,15-,17+,18-,19-,20-/m0/s1. The van der Waals surface area contributed by atoms with Gasteiger partial charge in [0.25, 0.3) is 0 Å². The highest BCUT2D eigenvalue weighted by Crippen LogP contribution is 2.67. The largest absolute Gasteiger partial charge is 0.390 e. The van der Waals surface area contributed by atoms with Gasteiger partial charge in [-0.3, -0.25) is 0 Å². The van der Waals surface area contributed by atoms with Crippen LogP contribution in [0.3, 0.4) is 0 Å². The van der Waals surface area contributed by atoms with Gasteiger partial charge in [-0.1, -0.05) is 35.9 Å². The third-order valence-electron chi connectivity index (χ3n) is 8.80. The van der Waals surface area contributed by atoms with Crippen LogP contribution in [0.4, 0.5) is 0 Å². The molecule has 0 bridgehead atoms. The number of fused-ring (bicyclic) bond motifs is 5. The summed E-state index contributed by atoms with van der Waals surface area (Å²) < 4.78 is 1.00. The van der Waals surface area contributed by atoms with Gasteiger partial charge in [-0.15, -0.1) is 0 Å². The Morgan fingerprint density at radius 1 is 1.04 bits per heavy atom. The zero-order valence-electron chi connectivity index (χ0n) is 14.7. The maximum atomic E-state index is 11.0. The van der Waals surface area contributed by atoms with Gasteiger partial charge in [-0.2, -0.15) is 0 Å². The van der Waals surface area contributed by atoms with Gasteiger partial charge < -0.3 is 10.2 Å². The fraction of sp³-hybridized carbons (Fsp3) is 0.900. The minimum absolute atomic E-state index is 0.104. The van der Waals surface area contributed by atoms with Gasteiger partial charge in [-0.05, 0) is 86.4 Å². The molecule has 23 heavy (non-hydrogen) atoms. The predicted molar refractivity (Wildman–Crippen MR) is 96.1 cm³/mol. The van der Waals surface area contributed by atoms with Crippen molar-refractivity contribution in [2.45, 2.75) is 77.4 Å². The van der Waals surface area contributed by atoms with Crippen molar-refractivity contribution in [1.82, 2.24) is 0 Å². The van der Waals surface area contributed by atoms with E-state index in [9.17, 15) is 10.2 Å². The summed E-state index contributed by atoms with van der Waals surface area (Å²) in [6.07, 6.45) is 10.0. The molecule has 0 aromatic heterocycles. The molecular formula is C20H31BrO2. The van der Waals surface area contributed by atoms with Crippen LogP contribution in [0.15, 0.2) is 10.6 Å². The number of hydrogen-bond acceptors (Lipinski definition) is 2. The normalized spacial score (nSPS) is 58.9. The molecule has 0 heterocycles. The van der Waals surface area contributed by atoms with Crippen LogP contribution in [-0.2, 0) is 0 Å². The summed E-state index contributed by atoms with van der Waals surface area (Å²) in [6, 6.07) is 0. The van der Waals surface area contributed by atoms with Crippen molar-refractivity contribution in [3.05, 3.63) is 10.6 Å². The van der Waals surface area contributed by atoms with Crippen LogP contribution in [0.5, 0.6) is 0 Å². The number of rotatable bonds is 0. The van der Waals surface area contributed by atoms with Crippen molar-refractivity contribution in [3.8, 4) is 0 Å². The van der Waals surface area contributed by atoms with Gasteiger partial charge in [0, 0.05) is 4.48 Å². The average molecular weight is 383 g/mol. The minimum atomic E-state index is -0.487.